The predicted octanol–water partition coefficient (Wildman–Crippen LogP) is -2.57. The van der Waals surface area contributed by atoms with Crippen molar-refractivity contribution in [2.24, 2.45) is 0 Å². The SMILES string of the molecule is O.O.[Ce].[PbH2]. The van der Waals surface area contributed by atoms with Crippen LogP contribution in [0.1, 0.15) is 0 Å². The fourth-order valence-corrected chi connectivity index (χ4v) is 0. The maximum absolute atomic E-state index is 0. The van der Waals surface area contributed by atoms with Gasteiger partial charge in [-0.05, 0) is 0 Å². The van der Waals surface area contributed by atoms with Crippen LogP contribution in [0.3, 0.4) is 0 Å². The van der Waals surface area contributed by atoms with Gasteiger partial charge in [-0.15, -0.1) is 0 Å². The normalized spacial score (nSPS) is 0. The van der Waals surface area contributed by atoms with Crippen LogP contribution in [0.15, 0.2) is 0 Å². The van der Waals surface area contributed by atoms with Crippen molar-refractivity contribution in [2.75, 3.05) is 0 Å². The summed E-state index contributed by atoms with van der Waals surface area (Å²) in [5.41, 5.74) is 0. The third-order valence-corrected chi connectivity index (χ3v) is 0. The quantitative estimate of drug-likeness (QED) is 0.412. The van der Waals surface area contributed by atoms with E-state index < -0.39 is 0 Å². The number of hydrogen-bond acceptors (Lipinski definition) is 0. The Bertz CT molecular complexity index is 6.00. The van der Waals surface area contributed by atoms with Crippen molar-refractivity contribution in [3.05, 3.63) is 0 Å². The summed E-state index contributed by atoms with van der Waals surface area (Å²) in [5.74, 6) is 0. The minimum absolute atomic E-state index is 0. The number of rotatable bonds is 0. The van der Waals surface area contributed by atoms with Crippen molar-refractivity contribution >= 4 is 27.3 Å². The average Bonchev–Trinajstić information content (AvgIpc) is 0. The van der Waals surface area contributed by atoms with Crippen LogP contribution in [-0.4, -0.2) is 38.3 Å². The van der Waals surface area contributed by atoms with Gasteiger partial charge >= 0.3 is 27.3 Å². The third-order valence-electron chi connectivity index (χ3n) is 0. The Morgan fingerprint density at radius 3 is 0.750 bits per heavy atom. The molecule has 0 aromatic heterocycles. The zero-order chi connectivity index (χ0) is 0. The molecule has 4 heteroatoms. The van der Waals surface area contributed by atoms with Crippen LogP contribution in [0.4, 0.5) is 0 Å². The molecule has 0 saturated heterocycles. The standard InChI is InChI=1S/Ce.2H2O.Pb.2H/h;2*1H2;;;. The molecule has 0 aliphatic heterocycles. The molecule has 0 fully saturated rings. The van der Waals surface area contributed by atoms with Gasteiger partial charge in [0.2, 0.25) is 0 Å². The topological polar surface area (TPSA) is 63.0 Å². The summed E-state index contributed by atoms with van der Waals surface area (Å²) in [6, 6.07) is 0. The molecular formula is H6CeO2Pb. The zero-order valence-electron chi connectivity index (χ0n) is 2.21. The van der Waals surface area contributed by atoms with E-state index in [4.69, 9.17) is 0 Å². The van der Waals surface area contributed by atoms with E-state index in [1.807, 2.05) is 0 Å². The fraction of sp³-hybridized carbons (Fsp3) is 0. The Balaban J connectivity index is 0. The first kappa shape index (κ1) is 34.4. The maximum atomic E-state index is 0. The molecule has 0 aromatic rings. The van der Waals surface area contributed by atoms with Gasteiger partial charge < -0.3 is 11.0 Å². The molecule has 0 aromatic carbocycles. The molecule has 0 heterocycles. The van der Waals surface area contributed by atoms with Crippen molar-refractivity contribution < 1.29 is 52.7 Å². The molecule has 0 rings (SSSR count). The van der Waals surface area contributed by atoms with Crippen molar-refractivity contribution in [1.29, 1.82) is 0 Å². The van der Waals surface area contributed by atoms with E-state index in [-0.39, 0.29) is 80.0 Å². The van der Waals surface area contributed by atoms with Crippen molar-refractivity contribution in [1.82, 2.24) is 0 Å². The summed E-state index contributed by atoms with van der Waals surface area (Å²) in [6.45, 7) is 0. The van der Waals surface area contributed by atoms with Crippen LogP contribution in [0.2, 0.25) is 0 Å². The second-order valence-corrected chi connectivity index (χ2v) is 0. The molecule has 0 unspecified atom stereocenters. The van der Waals surface area contributed by atoms with Crippen LogP contribution >= 0.6 is 0 Å². The Hall–Kier alpha value is 2.22. The predicted molar refractivity (Wildman–Crippen MR) is 15.8 cm³/mol. The summed E-state index contributed by atoms with van der Waals surface area (Å²) in [4.78, 5) is 0. The van der Waals surface area contributed by atoms with Crippen LogP contribution in [0.25, 0.3) is 0 Å². The summed E-state index contributed by atoms with van der Waals surface area (Å²) in [6.07, 6.45) is 0. The van der Waals surface area contributed by atoms with Crippen molar-refractivity contribution in [2.45, 2.75) is 0 Å². The first-order chi connectivity index (χ1) is 0. The molecule has 0 bridgehead atoms. The van der Waals surface area contributed by atoms with Gasteiger partial charge in [0, 0.05) is 41.7 Å². The molecule has 4 N–H and O–H groups in total. The van der Waals surface area contributed by atoms with Crippen LogP contribution < -0.4 is 0 Å². The molecule has 0 atom stereocenters. The number of hydrogen-bond donors (Lipinski definition) is 0. The molecule has 0 aliphatic rings. The Morgan fingerprint density at radius 1 is 0.750 bits per heavy atom. The van der Waals surface area contributed by atoms with Gasteiger partial charge in [0.25, 0.3) is 0 Å². The van der Waals surface area contributed by atoms with E-state index in [1.54, 1.807) is 0 Å². The first-order valence-electron chi connectivity index (χ1n) is 0. The Kier molecular flexibility index (Phi) is 162. The van der Waals surface area contributed by atoms with E-state index in [9.17, 15) is 0 Å². The Labute approximate surface area is 78.5 Å². The minimum atomic E-state index is 0. The Morgan fingerprint density at radius 2 is 0.750 bits per heavy atom. The molecule has 2 nitrogen and oxygen atoms in total. The van der Waals surface area contributed by atoms with E-state index in [1.165, 1.54) is 0 Å². The second kappa shape index (κ2) is 18.9. The molecule has 0 spiro atoms. The molecule has 0 aliphatic carbocycles. The van der Waals surface area contributed by atoms with Crippen molar-refractivity contribution in [3.8, 4) is 0 Å². The van der Waals surface area contributed by atoms with Crippen LogP contribution in [0, 0.1) is 41.7 Å². The summed E-state index contributed by atoms with van der Waals surface area (Å²) >= 11 is 0. The summed E-state index contributed by atoms with van der Waals surface area (Å²) in [5, 5.41) is 0. The van der Waals surface area contributed by atoms with Crippen molar-refractivity contribution in [3.63, 3.8) is 0 Å². The molecule has 26 valence electrons. The van der Waals surface area contributed by atoms with Crippen LogP contribution in [0.5, 0.6) is 0 Å². The van der Waals surface area contributed by atoms with Gasteiger partial charge in [-0.1, -0.05) is 0 Å². The molecule has 0 saturated carbocycles. The van der Waals surface area contributed by atoms with Gasteiger partial charge in [0.1, 0.15) is 0 Å². The van der Waals surface area contributed by atoms with Crippen LogP contribution in [-0.2, 0) is 0 Å². The monoisotopic (exact) mass is 386 g/mol. The van der Waals surface area contributed by atoms with Gasteiger partial charge in [-0.25, -0.2) is 0 Å². The second-order valence-electron chi connectivity index (χ2n) is 0. The average molecular weight is 385 g/mol. The van der Waals surface area contributed by atoms with Gasteiger partial charge in [-0.2, -0.15) is 0 Å². The van der Waals surface area contributed by atoms with Gasteiger partial charge in [-0.3, -0.25) is 0 Å². The van der Waals surface area contributed by atoms with Gasteiger partial charge in [0.15, 0.2) is 0 Å². The van der Waals surface area contributed by atoms with E-state index in [2.05, 4.69) is 0 Å². The zero-order valence-corrected chi connectivity index (χ0v) is 10.8. The van der Waals surface area contributed by atoms with E-state index in [0.29, 0.717) is 0 Å². The third kappa shape index (κ3) is 8.88. The first-order valence-corrected chi connectivity index (χ1v) is 0. The fourth-order valence-electron chi connectivity index (χ4n) is 0. The molecular weight excluding hydrogens is 379 g/mol. The summed E-state index contributed by atoms with van der Waals surface area (Å²) in [7, 11) is 0. The van der Waals surface area contributed by atoms with E-state index in [0.717, 1.165) is 0 Å². The van der Waals surface area contributed by atoms with E-state index >= 15 is 0 Å². The summed E-state index contributed by atoms with van der Waals surface area (Å²) < 4.78 is 0. The van der Waals surface area contributed by atoms with Gasteiger partial charge in [0.05, 0.1) is 0 Å². The molecule has 4 heavy (non-hydrogen) atoms. The molecule has 2 radical (unpaired) electrons. The molecule has 0 amide bonds.